The van der Waals surface area contributed by atoms with E-state index in [0.29, 0.717) is 20.6 Å². The van der Waals surface area contributed by atoms with Crippen LogP contribution < -0.4 is 9.62 Å². The lowest BCUT2D eigenvalue weighted by atomic mass is 10.1. The number of rotatable bonds is 10. The summed E-state index contributed by atoms with van der Waals surface area (Å²) in [6, 6.07) is 15.4. The van der Waals surface area contributed by atoms with Gasteiger partial charge in [0, 0.05) is 17.6 Å². The summed E-state index contributed by atoms with van der Waals surface area (Å²) < 4.78 is 29.0. The third kappa shape index (κ3) is 7.59. The van der Waals surface area contributed by atoms with E-state index in [1.807, 2.05) is 6.92 Å². The van der Waals surface area contributed by atoms with Crippen LogP contribution in [0.15, 0.2) is 65.6 Å². The maximum Gasteiger partial charge on any atom is 0.264 e. The Hall–Kier alpha value is -2.78. The van der Waals surface area contributed by atoms with Crippen LogP contribution in [-0.4, -0.2) is 43.8 Å². The lowest BCUT2D eigenvalue weighted by molar-refractivity contribution is -0.139. The second-order valence-electron chi connectivity index (χ2n) is 10.7. The molecule has 0 saturated heterocycles. The molecule has 1 aliphatic rings. The largest absolute Gasteiger partial charge is 0.352 e. The molecule has 0 heterocycles. The van der Waals surface area contributed by atoms with E-state index in [1.165, 1.54) is 23.1 Å². The van der Waals surface area contributed by atoms with Crippen LogP contribution in [0.4, 0.5) is 5.69 Å². The number of nitrogens with zero attached hydrogens (tertiary/aromatic N) is 2. The standard InChI is InChI=1S/C31H34Cl3N3O4S/c1-20-8-13-26(14-9-20)42(40,41)37(25-12-10-21(2)28(33)17-25)19-30(38)36(18-23-11-15-27(32)29(34)16-23)22(3)31(39)35-24-6-4-5-7-24/h8-17,22,24H,4-7,18-19H2,1-3H3,(H,35,39)/t22-/m0/s1. The van der Waals surface area contributed by atoms with Crippen LogP contribution in [0.5, 0.6) is 0 Å². The van der Waals surface area contributed by atoms with E-state index in [-0.39, 0.29) is 29.1 Å². The van der Waals surface area contributed by atoms with Gasteiger partial charge in [0.2, 0.25) is 11.8 Å². The summed E-state index contributed by atoms with van der Waals surface area (Å²) in [7, 11) is -4.19. The average Bonchev–Trinajstić information content (AvgIpc) is 3.46. The molecule has 2 amide bonds. The Morgan fingerprint density at radius 1 is 0.905 bits per heavy atom. The molecule has 0 bridgehead atoms. The molecule has 42 heavy (non-hydrogen) atoms. The number of carbonyl (C=O) groups excluding carboxylic acids is 2. The molecule has 0 unspecified atom stereocenters. The second kappa shape index (κ2) is 13.7. The molecule has 1 saturated carbocycles. The van der Waals surface area contributed by atoms with Crippen molar-refractivity contribution in [2.45, 2.75) is 70.0 Å². The summed E-state index contributed by atoms with van der Waals surface area (Å²) in [6.07, 6.45) is 3.85. The van der Waals surface area contributed by atoms with E-state index in [1.54, 1.807) is 56.3 Å². The fraction of sp³-hybridized carbons (Fsp3) is 0.355. The van der Waals surface area contributed by atoms with Crippen LogP contribution in [0.1, 0.15) is 49.3 Å². The van der Waals surface area contributed by atoms with Crippen LogP contribution in [-0.2, 0) is 26.2 Å². The third-order valence-electron chi connectivity index (χ3n) is 7.54. The molecule has 7 nitrogen and oxygen atoms in total. The Labute approximate surface area is 262 Å². The van der Waals surface area contributed by atoms with Gasteiger partial charge in [0.1, 0.15) is 12.6 Å². The van der Waals surface area contributed by atoms with Crippen molar-refractivity contribution in [3.05, 3.63) is 92.4 Å². The van der Waals surface area contributed by atoms with Gasteiger partial charge < -0.3 is 10.2 Å². The van der Waals surface area contributed by atoms with Crippen molar-refractivity contribution in [1.29, 1.82) is 0 Å². The Morgan fingerprint density at radius 3 is 2.19 bits per heavy atom. The number of benzene rings is 3. The van der Waals surface area contributed by atoms with Crippen molar-refractivity contribution in [3.8, 4) is 0 Å². The lowest BCUT2D eigenvalue weighted by Gasteiger charge is -2.32. The highest BCUT2D eigenvalue weighted by molar-refractivity contribution is 7.92. The van der Waals surface area contributed by atoms with Gasteiger partial charge in [0.05, 0.1) is 20.6 Å². The highest BCUT2D eigenvalue weighted by Gasteiger charge is 2.33. The third-order valence-corrected chi connectivity index (χ3v) is 10.5. The summed E-state index contributed by atoms with van der Waals surface area (Å²) >= 11 is 18.7. The first-order chi connectivity index (χ1) is 19.9. The molecule has 1 aliphatic carbocycles. The van der Waals surface area contributed by atoms with E-state index >= 15 is 0 Å². The van der Waals surface area contributed by atoms with Gasteiger partial charge in [-0.25, -0.2) is 8.42 Å². The van der Waals surface area contributed by atoms with Gasteiger partial charge in [0.15, 0.2) is 0 Å². The number of amides is 2. The van der Waals surface area contributed by atoms with Crippen molar-refractivity contribution in [2.24, 2.45) is 0 Å². The number of carbonyl (C=O) groups is 2. The zero-order valence-electron chi connectivity index (χ0n) is 23.7. The predicted octanol–water partition coefficient (Wildman–Crippen LogP) is 6.94. The molecule has 0 aromatic heterocycles. The van der Waals surface area contributed by atoms with Gasteiger partial charge in [-0.1, -0.05) is 77.5 Å². The SMILES string of the molecule is Cc1ccc(S(=O)(=O)N(CC(=O)N(Cc2ccc(Cl)c(Cl)c2)[C@@H](C)C(=O)NC2CCCC2)c2ccc(C)c(Cl)c2)cc1. The van der Waals surface area contributed by atoms with Crippen molar-refractivity contribution in [2.75, 3.05) is 10.8 Å². The molecule has 0 radical (unpaired) electrons. The molecular formula is C31H34Cl3N3O4S. The first-order valence-electron chi connectivity index (χ1n) is 13.8. The fourth-order valence-electron chi connectivity index (χ4n) is 4.91. The first kappa shape index (κ1) is 32.1. The minimum absolute atomic E-state index is 0.0159. The van der Waals surface area contributed by atoms with E-state index < -0.39 is 28.5 Å². The molecule has 3 aromatic rings. The van der Waals surface area contributed by atoms with E-state index in [4.69, 9.17) is 34.8 Å². The minimum Gasteiger partial charge on any atom is -0.352 e. The van der Waals surface area contributed by atoms with Gasteiger partial charge in [-0.2, -0.15) is 0 Å². The molecule has 1 fully saturated rings. The monoisotopic (exact) mass is 649 g/mol. The van der Waals surface area contributed by atoms with Crippen molar-refractivity contribution in [1.82, 2.24) is 10.2 Å². The summed E-state index contributed by atoms with van der Waals surface area (Å²) in [5.41, 5.74) is 2.53. The Morgan fingerprint density at radius 2 is 1.57 bits per heavy atom. The molecule has 1 atom stereocenters. The van der Waals surface area contributed by atoms with Gasteiger partial charge in [-0.05, 0) is 81.1 Å². The molecule has 1 N–H and O–H groups in total. The number of nitrogens with one attached hydrogen (secondary N) is 1. The fourth-order valence-corrected chi connectivity index (χ4v) is 6.81. The molecule has 4 rings (SSSR count). The number of anilines is 1. The summed E-state index contributed by atoms with van der Waals surface area (Å²) in [5, 5.41) is 4.08. The maximum atomic E-state index is 14.1. The highest BCUT2D eigenvalue weighted by atomic mass is 35.5. The maximum absolute atomic E-state index is 14.1. The molecule has 0 spiro atoms. The van der Waals surface area contributed by atoms with Gasteiger partial charge in [0.25, 0.3) is 10.0 Å². The number of hydrogen-bond acceptors (Lipinski definition) is 4. The predicted molar refractivity (Wildman–Crippen MR) is 169 cm³/mol. The normalized spacial score (nSPS) is 14.4. The molecular weight excluding hydrogens is 617 g/mol. The van der Waals surface area contributed by atoms with Crippen molar-refractivity contribution in [3.63, 3.8) is 0 Å². The molecule has 224 valence electrons. The topological polar surface area (TPSA) is 86.8 Å². The summed E-state index contributed by atoms with van der Waals surface area (Å²) in [6.45, 7) is 4.76. The van der Waals surface area contributed by atoms with E-state index in [2.05, 4.69) is 5.32 Å². The van der Waals surface area contributed by atoms with Crippen LogP contribution in [0.3, 0.4) is 0 Å². The number of aryl methyl sites for hydroxylation is 2. The smallest absolute Gasteiger partial charge is 0.264 e. The van der Waals surface area contributed by atoms with Gasteiger partial charge >= 0.3 is 0 Å². The zero-order valence-corrected chi connectivity index (χ0v) is 26.8. The molecule has 11 heteroatoms. The quantitative estimate of drug-likeness (QED) is 0.258. The number of sulfonamides is 1. The first-order valence-corrected chi connectivity index (χ1v) is 16.3. The summed E-state index contributed by atoms with van der Waals surface area (Å²) in [5.74, 6) is -0.871. The van der Waals surface area contributed by atoms with Crippen LogP contribution in [0.25, 0.3) is 0 Å². The van der Waals surface area contributed by atoms with Crippen LogP contribution in [0.2, 0.25) is 15.1 Å². The Bertz CT molecular complexity index is 1560. The Kier molecular flexibility index (Phi) is 10.5. The molecule has 0 aliphatic heterocycles. The lowest BCUT2D eigenvalue weighted by Crippen LogP contribution is -2.52. The average molecular weight is 651 g/mol. The van der Waals surface area contributed by atoms with E-state index in [0.717, 1.165) is 41.1 Å². The van der Waals surface area contributed by atoms with E-state index in [9.17, 15) is 18.0 Å². The van der Waals surface area contributed by atoms with Crippen molar-refractivity contribution < 1.29 is 18.0 Å². The van der Waals surface area contributed by atoms with Crippen molar-refractivity contribution >= 4 is 62.3 Å². The number of hydrogen-bond donors (Lipinski definition) is 1. The van der Waals surface area contributed by atoms with Gasteiger partial charge in [-0.15, -0.1) is 0 Å². The zero-order chi connectivity index (χ0) is 30.6. The minimum atomic E-state index is -4.19. The second-order valence-corrected chi connectivity index (χ2v) is 13.8. The molecule has 3 aromatic carbocycles. The van der Waals surface area contributed by atoms with Gasteiger partial charge in [-0.3, -0.25) is 13.9 Å². The van der Waals surface area contributed by atoms with Crippen LogP contribution >= 0.6 is 34.8 Å². The Balaban J connectivity index is 1.71. The van der Waals surface area contributed by atoms with Crippen LogP contribution in [0, 0.1) is 13.8 Å². The summed E-state index contributed by atoms with van der Waals surface area (Å²) in [4.78, 5) is 28.8. The highest BCUT2D eigenvalue weighted by Crippen LogP contribution is 2.29. The number of halogens is 3.